The van der Waals surface area contributed by atoms with Crippen LogP contribution in [0.4, 0.5) is 11.5 Å². The molecule has 0 bridgehead atoms. The molecule has 0 saturated heterocycles. The summed E-state index contributed by atoms with van der Waals surface area (Å²) in [5, 5.41) is 3.86. The molecular formula is C17H17N5O2S. The molecule has 1 aliphatic rings. The first-order valence-electron chi connectivity index (χ1n) is 8.08. The molecule has 1 aromatic carbocycles. The number of hydrogen-bond acceptors (Lipinski definition) is 6. The lowest BCUT2D eigenvalue weighted by Crippen LogP contribution is -2.33. The second-order valence-corrected chi connectivity index (χ2v) is 7.18. The minimum Gasteiger partial charge on any atom is -0.369 e. The van der Waals surface area contributed by atoms with Gasteiger partial charge in [0, 0.05) is 13.6 Å². The Balaban J connectivity index is 1.70. The molecule has 2 aromatic heterocycles. The highest BCUT2D eigenvalue weighted by Crippen LogP contribution is 2.29. The third-order valence-corrected chi connectivity index (χ3v) is 5.13. The van der Waals surface area contributed by atoms with Crippen LogP contribution < -0.4 is 16.6 Å². The molecular weight excluding hydrogens is 338 g/mol. The van der Waals surface area contributed by atoms with Crippen molar-refractivity contribution in [3.8, 4) is 0 Å². The number of H-pyrrole nitrogens is 1. The van der Waals surface area contributed by atoms with Gasteiger partial charge in [-0.25, -0.2) is 14.8 Å². The quantitative estimate of drug-likeness (QED) is 0.687. The van der Waals surface area contributed by atoms with Crippen molar-refractivity contribution in [1.29, 1.82) is 0 Å². The summed E-state index contributed by atoms with van der Waals surface area (Å²) in [6.07, 6.45) is 3.92. The van der Waals surface area contributed by atoms with Crippen LogP contribution in [0.15, 0.2) is 38.8 Å². The fourth-order valence-electron chi connectivity index (χ4n) is 2.49. The fraction of sp³-hybridized carbons (Fsp3) is 0.294. The zero-order valence-corrected chi connectivity index (χ0v) is 14.5. The smallest absolute Gasteiger partial charge is 0.329 e. The van der Waals surface area contributed by atoms with Gasteiger partial charge >= 0.3 is 5.69 Å². The summed E-state index contributed by atoms with van der Waals surface area (Å²) < 4.78 is 2.08. The number of benzene rings is 1. The zero-order chi connectivity index (χ0) is 17.4. The van der Waals surface area contributed by atoms with Gasteiger partial charge in [-0.3, -0.25) is 14.3 Å². The number of thiazole rings is 1. The number of aromatic nitrogens is 3. The van der Waals surface area contributed by atoms with E-state index in [1.807, 2.05) is 24.3 Å². The molecule has 0 amide bonds. The first-order valence-corrected chi connectivity index (χ1v) is 8.90. The molecule has 128 valence electrons. The van der Waals surface area contributed by atoms with Gasteiger partial charge < -0.3 is 5.32 Å². The van der Waals surface area contributed by atoms with Gasteiger partial charge in [-0.1, -0.05) is 12.1 Å². The van der Waals surface area contributed by atoms with Gasteiger partial charge in [0.05, 0.1) is 16.4 Å². The Morgan fingerprint density at radius 1 is 1.40 bits per heavy atom. The molecule has 0 aliphatic heterocycles. The molecule has 2 N–H and O–H groups in total. The van der Waals surface area contributed by atoms with Gasteiger partial charge in [-0.2, -0.15) is 0 Å². The summed E-state index contributed by atoms with van der Waals surface area (Å²) in [5.41, 5.74) is 0.207. The lowest BCUT2D eigenvalue weighted by Gasteiger charge is -2.08. The Labute approximate surface area is 147 Å². The van der Waals surface area contributed by atoms with Crippen molar-refractivity contribution < 1.29 is 0 Å². The monoisotopic (exact) mass is 355 g/mol. The van der Waals surface area contributed by atoms with Crippen LogP contribution in [0.3, 0.4) is 0 Å². The van der Waals surface area contributed by atoms with Crippen LogP contribution in [-0.2, 0) is 7.05 Å². The van der Waals surface area contributed by atoms with Crippen molar-refractivity contribution in [3.63, 3.8) is 0 Å². The average Bonchev–Trinajstić information content (AvgIpc) is 3.34. The van der Waals surface area contributed by atoms with E-state index in [0.717, 1.165) is 21.3 Å². The molecule has 4 rings (SSSR count). The first-order chi connectivity index (χ1) is 12.1. The van der Waals surface area contributed by atoms with Crippen molar-refractivity contribution in [2.75, 3.05) is 11.9 Å². The number of fused-ring (bicyclic) bond motifs is 1. The third-order valence-electron chi connectivity index (χ3n) is 4.16. The zero-order valence-electron chi connectivity index (χ0n) is 13.7. The number of rotatable bonds is 5. The molecule has 1 saturated carbocycles. The van der Waals surface area contributed by atoms with Crippen LogP contribution in [0, 0.1) is 5.92 Å². The van der Waals surface area contributed by atoms with E-state index in [1.54, 1.807) is 6.21 Å². The number of anilines is 1. The predicted molar refractivity (Wildman–Crippen MR) is 100 cm³/mol. The highest BCUT2D eigenvalue weighted by Gasteiger charge is 2.22. The second kappa shape index (κ2) is 6.29. The summed E-state index contributed by atoms with van der Waals surface area (Å²) in [5.74, 6) is 0.978. The maximum atomic E-state index is 12.4. The van der Waals surface area contributed by atoms with Crippen molar-refractivity contribution >= 4 is 39.3 Å². The summed E-state index contributed by atoms with van der Waals surface area (Å²) in [6, 6.07) is 7.82. The topological polar surface area (TPSA) is 92.1 Å². The number of hydrogen-bond donors (Lipinski definition) is 2. The van der Waals surface area contributed by atoms with Crippen LogP contribution in [0.2, 0.25) is 0 Å². The third kappa shape index (κ3) is 3.25. The second-order valence-electron chi connectivity index (χ2n) is 6.12. The van der Waals surface area contributed by atoms with E-state index in [0.29, 0.717) is 16.7 Å². The van der Waals surface area contributed by atoms with Gasteiger partial charge in [0.15, 0.2) is 5.69 Å². The SMILES string of the molecule is Cn1c(=O)[nH]c(NCC2CC2)c(N=Cc2nc3ccccc3s2)c1=O. The Hall–Kier alpha value is -2.74. The molecule has 0 unspecified atom stereocenters. The Morgan fingerprint density at radius 3 is 2.96 bits per heavy atom. The standard InChI is InChI=1S/C17H17N5O2S/c1-22-16(23)14(15(21-17(22)24)19-8-10-6-7-10)18-9-13-20-11-4-2-3-5-12(11)25-13/h2-5,9-10,19H,6-8H2,1H3,(H,21,24). The van der Waals surface area contributed by atoms with Crippen molar-refractivity contribution in [2.24, 2.45) is 18.0 Å². The fourth-order valence-corrected chi connectivity index (χ4v) is 3.33. The normalized spacial score (nSPS) is 14.4. The highest BCUT2D eigenvalue weighted by molar-refractivity contribution is 7.20. The summed E-state index contributed by atoms with van der Waals surface area (Å²) in [4.78, 5) is 35.8. The summed E-state index contributed by atoms with van der Waals surface area (Å²) in [7, 11) is 1.43. The Kier molecular flexibility index (Phi) is 3.96. The average molecular weight is 355 g/mol. The number of aromatic amines is 1. The van der Waals surface area contributed by atoms with Gasteiger partial charge in [-0.05, 0) is 30.9 Å². The van der Waals surface area contributed by atoms with E-state index >= 15 is 0 Å². The van der Waals surface area contributed by atoms with Gasteiger partial charge in [0.1, 0.15) is 10.8 Å². The Bertz CT molecular complexity index is 1040. The van der Waals surface area contributed by atoms with E-state index in [-0.39, 0.29) is 5.69 Å². The van der Waals surface area contributed by atoms with E-state index in [4.69, 9.17) is 0 Å². The molecule has 1 fully saturated rings. The first kappa shape index (κ1) is 15.8. The Morgan fingerprint density at radius 2 is 2.20 bits per heavy atom. The maximum Gasteiger partial charge on any atom is 0.329 e. The number of nitrogens with one attached hydrogen (secondary N) is 2. The number of para-hydroxylation sites is 1. The summed E-state index contributed by atoms with van der Waals surface area (Å²) >= 11 is 1.50. The van der Waals surface area contributed by atoms with Gasteiger partial charge in [-0.15, -0.1) is 11.3 Å². The van der Waals surface area contributed by atoms with Crippen molar-refractivity contribution in [2.45, 2.75) is 12.8 Å². The molecule has 25 heavy (non-hydrogen) atoms. The van der Waals surface area contributed by atoms with Crippen LogP contribution in [0.5, 0.6) is 0 Å². The van der Waals surface area contributed by atoms with Crippen LogP contribution in [0.25, 0.3) is 10.2 Å². The molecule has 7 nitrogen and oxygen atoms in total. The van der Waals surface area contributed by atoms with Crippen molar-refractivity contribution in [3.05, 3.63) is 50.1 Å². The molecule has 0 radical (unpaired) electrons. The van der Waals surface area contributed by atoms with Crippen LogP contribution in [-0.4, -0.2) is 27.3 Å². The molecule has 1 aliphatic carbocycles. The lowest BCUT2D eigenvalue weighted by atomic mass is 10.3. The molecule has 2 heterocycles. The largest absolute Gasteiger partial charge is 0.369 e. The molecule has 3 aromatic rings. The maximum absolute atomic E-state index is 12.4. The van der Waals surface area contributed by atoms with E-state index in [1.165, 1.54) is 31.2 Å². The number of aliphatic imine (C=N–C) groups is 1. The van der Waals surface area contributed by atoms with E-state index < -0.39 is 11.2 Å². The predicted octanol–water partition coefficient (Wildman–Crippen LogP) is 2.26. The van der Waals surface area contributed by atoms with Gasteiger partial charge in [0.25, 0.3) is 5.56 Å². The van der Waals surface area contributed by atoms with Gasteiger partial charge in [0.2, 0.25) is 0 Å². The number of nitrogens with zero attached hydrogens (tertiary/aromatic N) is 3. The minimum atomic E-state index is -0.456. The van der Waals surface area contributed by atoms with Crippen molar-refractivity contribution in [1.82, 2.24) is 14.5 Å². The molecule has 8 heteroatoms. The summed E-state index contributed by atoms with van der Waals surface area (Å²) in [6.45, 7) is 0.729. The minimum absolute atomic E-state index is 0.196. The lowest BCUT2D eigenvalue weighted by molar-refractivity contribution is 0.773. The highest BCUT2D eigenvalue weighted by atomic mass is 32.1. The van der Waals surface area contributed by atoms with Crippen LogP contribution >= 0.6 is 11.3 Å². The van der Waals surface area contributed by atoms with Crippen LogP contribution in [0.1, 0.15) is 17.8 Å². The van der Waals surface area contributed by atoms with E-state index in [9.17, 15) is 9.59 Å². The molecule has 0 atom stereocenters. The molecule has 0 spiro atoms. The van der Waals surface area contributed by atoms with E-state index in [2.05, 4.69) is 20.3 Å².